The first-order valence-corrected chi connectivity index (χ1v) is 5.70. The minimum atomic E-state index is -0.446. The quantitative estimate of drug-likeness (QED) is 0.698. The van der Waals surface area contributed by atoms with E-state index in [9.17, 15) is 0 Å². The Labute approximate surface area is 91.2 Å². The summed E-state index contributed by atoms with van der Waals surface area (Å²) < 4.78 is 11.6. The van der Waals surface area contributed by atoms with Crippen LogP contribution in [0.25, 0.3) is 0 Å². The second kappa shape index (κ2) is 4.13. The number of hydrogen-bond donors (Lipinski definition) is 0. The van der Waals surface area contributed by atoms with Crippen LogP contribution in [0.15, 0.2) is 24.3 Å². The number of ether oxygens (including phenoxy) is 2. The Kier molecular flexibility index (Phi) is 2.85. The fraction of sp³-hybridized carbons (Fsp3) is 0.538. The fourth-order valence-electron chi connectivity index (χ4n) is 1.90. The molecule has 0 saturated carbocycles. The smallest absolute Gasteiger partial charge is 0.248 e. The Hall–Kier alpha value is -1.18. The molecule has 1 aromatic rings. The molecule has 2 rings (SSSR count). The lowest BCUT2D eigenvalue weighted by molar-refractivity contribution is -0.0696. The third-order valence-corrected chi connectivity index (χ3v) is 2.74. The lowest BCUT2D eigenvalue weighted by Crippen LogP contribution is -2.34. The average Bonchev–Trinajstić information content (AvgIpc) is 2.54. The van der Waals surface area contributed by atoms with E-state index in [1.54, 1.807) is 0 Å². The number of unbranched alkanes of at least 4 members (excludes halogenated alkanes) is 2. The highest BCUT2D eigenvalue weighted by molar-refractivity contribution is 5.42. The van der Waals surface area contributed by atoms with E-state index in [0.29, 0.717) is 0 Å². The van der Waals surface area contributed by atoms with Gasteiger partial charge in [-0.3, -0.25) is 0 Å². The van der Waals surface area contributed by atoms with E-state index in [0.717, 1.165) is 24.3 Å². The zero-order valence-corrected chi connectivity index (χ0v) is 9.45. The Morgan fingerprint density at radius 3 is 2.20 bits per heavy atom. The molecule has 1 aliphatic heterocycles. The predicted molar refractivity (Wildman–Crippen MR) is 60.2 cm³/mol. The molecule has 0 amide bonds. The van der Waals surface area contributed by atoms with Crippen molar-refractivity contribution >= 4 is 0 Å². The predicted octanol–water partition coefficient (Wildman–Crippen LogP) is 3.75. The van der Waals surface area contributed by atoms with Gasteiger partial charge in [0.05, 0.1) is 0 Å². The maximum atomic E-state index is 5.82. The van der Waals surface area contributed by atoms with Gasteiger partial charge in [-0.1, -0.05) is 31.9 Å². The van der Waals surface area contributed by atoms with Gasteiger partial charge in [0, 0.05) is 13.3 Å². The highest BCUT2D eigenvalue weighted by atomic mass is 16.7. The van der Waals surface area contributed by atoms with Crippen molar-refractivity contribution in [3.8, 4) is 11.5 Å². The summed E-state index contributed by atoms with van der Waals surface area (Å²) in [5.74, 6) is 1.30. The molecule has 1 aliphatic rings. The van der Waals surface area contributed by atoms with Gasteiger partial charge < -0.3 is 9.47 Å². The van der Waals surface area contributed by atoms with Gasteiger partial charge in [0.25, 0.3) is 0 Å². The highest BCUT2D eigenvalue weighted by Crippen LogP contribution is 2.40. The molecule has 0 atom stereocenters. The van der Waals surface area contributed by atoms with Crippen molar-refractivity contribution in [3.05, 3.63) is 24.3 Å². The van der Waals surface area contributed by atoms with Crippen molar-refractivity contribution in [1.29, 1.82) is 0 Å². The minimum Gasteiger partial charge on any atom is -0.449 e. The monoisotopic (exact) mass is 206 g/mol. The molecule has 2 heteroatoms. The van der Waals surface area contributed by atoms with E-state index < -0.39 is 5.79 Å². The Morgan fingerprint density at radius 2 is 1.67 bits per heavy atom. The van der Waals surface area contributed by atoms with Crippen LogP contribution in [0.3, 0.4) is 0 Å². The maximum Gasteiger partial charge on any atom is 0.248 e. The summed E-state index contributed by atoms with van der Waals surface area (Å²) in [6.45, 7) is 4.22. The van der Waals surface area contributed by atoms with Crippen LogP contribution in [-0.4, -0.2) is 5.79 Å². The van der Waals surface area contributed by atoms with E-state index in [4.69, 9.17) is 9.47 Å². The van der Waals surface area contributed by atoms with Gasteiger partial charge in [0.1, 0.15) is 0 Å². The molecule has 82 valence electrons. The summed E-state index contributed by atoms with van der Waals surface area (Å²) in [5.41, 5.74) is 0. The van der Waals surface area contributed by atoms with Gasteiger partial charge in [0.2, 0.25) is 5.79 Å². The van der Waals surface area contributed by atoms with E-state index in [-0.39, 0.29) is 0 Å². The number of rotatable bonds is 4. The molecule has 0 unspecified atom stereocenters. The Balaban J connectivity index is 1.98. The largest absolute Gasteiger partial charge is 0.449 e. The first kappa shape index (κ1) is 10.3. The van der Waals surface area contributed by atoms with Crippen molar-refractivity contribution in [3.63, 3.8) is 0 Å². The van der Waals surface area contributed by atoms with Gasteiger partial charge in [-0.15, -0.1) is 0 Å². The molecule has 0 spiro atoms. The number of hydrogen-bond acceptors (Lipinski definition) is 2. The zero-order valence-electron chi connectivity index (χ0n) is 9.45. The fourth-order valence-corrected chi connectivity index (χ4v) is 1.90. The van der Waals surface area contributed by atoms with Crippen LogP contribution in [0.5, 0.6) is 11.5 Å². The second-order valence-corrected chi connectivity index (χ2v) is 4.24. The molecule has 0 aromatic heterocycles. The Morgan fingerprint density at radius 1 is 1.07 bits per heavy atom. The molecule has 1 heterocycles. The van der Waals surface area contributed by atoms with Crippen molar-refractivity contribution in [2.24, 2.45) is 0 Å². The van der Waals surface area contributed by atoms with Crippen LogP contribution in [0, 0.1) is 0 Å². The van der Waals surface area contributed by atoms with Gasteiger partial charge in [0.15, 0.2) is 11.5 Å². The molecule has 0 radical (unpaired) electrons. The van der Waals surface area contributed by atoms with Crippen LogP contribution in [0.4, 0.5) is 0 Å². The average molecular weight is 206 g/mol. The zero-order chi connectivity index (χ0) is 10.7. The standard InChI is InChI=1S/C13H18O2/c1-3-4-7-10-13(2)14-11-8-5-6-9-12(11)15-13/h5-6,8-9H,3-4,7,10H2,1-2H3. The SMILES string of the molecule is CCCCCC1(C)Oc2ccccc2O1. The Bertz CT molecular complexity index is 308. The number of fused-ring (bicyclic) bond motifs is 1. The molecule has 0 aliphatic carbocycles. The number of para-hydroxylation sites is 2. The third kappa shape index (κ3) is 2.25. The van der Waals surface area contributed by atoms with Crippen LogP contribution >= 0.6 is 0 Å². The van der Waals surface area contributed by atoms with Crippen molar-refractivity contribution in [2.75, 3.05) is 0 Å². The van der Waals surface area contributed by atoms with Gasteiger partial charge in [-0.05, 0) is 18.6 Å². The summed E-state index contributed by atoms with van der Waals surface area (Å²) in [6, 6.07) is 7.86. The van der Waals surface area contributed by atoms with Gasteiger partial charge in [-0.2, -0.15) is 0 Å². The minimum absolute atomic E-state index is 0.446. The van der Waals surface area contributed by atoms with Crippen LogP contribution in [0.2, 0.25) is 0 Å². The summed E-state index contributed by atoms with van der Waals surface area (Å²) in [4.78, 5) is 0. The van der Waals surface area contributed by atoms with E-state index in [1.807, 2.05) is 31.2 Å². The molecule has 0 N–H and O–H groups in total. The molecule has 1 aromatic carbocycles. The topological polar surface area (TPSA) is 18.5 Å². The van der Waals surface area contributed by atoms with Crippen molar-refractivity contribution < 1.29 is 9.47 Å². The summed E-state index contributed by atoms with van der Waals surface area (Å²) in [5, 5.41) is 0. The van der Waals surface area contributed by atoms with Crippen LogP contribution < -0.4 is 9.47 Å². The first-order chi connectivity index (χ1) is 7.23. The lowest BCUT2D eigenvalue weighted by atomic mass is 10.1. The first-order valence-electron chi connectivity index (χ1n) is 5.70. The summed E-state index contributed by atoms with van der Waals surface area (Å²) in [7, 11) is 0. The van der Waals surface area contributed by atoms with Crippen LogP contribution in [0.1, 0.15) is 39.5 Å². The normalized spacial score (nSPS) is 16.7. The number of benzene rings is 1. The molecule has 0 saturated heterocycles. The molecular weight excluding hydrogens is 188 g/mol. The second-order valence-electron chi connectivity index (χ2n) is 4.24. The van der Waals surface area contributed by atoms with Crippen molar-refractivity contribution in [1.82, 2.24) is 0 Å². The molecular formula is C13H18O2. The molecule has 2 nitrogen and oxygen atoms in total. The van der Waals surface area contributed by atoms with Gasteiger partial charge in [-0.25, -0.2) is 0 Å². The maximum absolute atomic E-state index is 5.82. The molecule has 15 heavy (non-hydrogen) atoms. The molecule has 0 fully saturated rings. The third-order valence-electron chi connectivity index (χ3n) is 2.74. The lowest BCUT2D eigenvalue weighted by Gasteiger charge is -2.22. The van der Waals surface area contributed by atoms with Crippen LogP contribution in [-0.2, 0) is 0 Å². The summed E-state index contributed by atoms with van der Waals surface area (Å²) >= 11 is 0. The van der Waals surface area contributed by atoms with Gasteiger partial charge >= 0.3 is 0 Å². The molecule has 0 bridgehead atoms. The van der Waals surface area contributed by atoms with E-state index in [2.05, 4.69) is 6.92 Å². The van der Waals surface area contributed by atoms with Crippen molar-refractivity contribution in [2.45, 2.75) is 45.3 Å². The highest BCUT2D eigenvalue weighted by Gasteiger charge is 2.35. The summed E-state index contributed by atoms with van der Waals surface area (Å²) in [6.07, 6.45) is 4.57. The van der Waals surface area contributed by atoms with E-state index >= 15 is 0 Å². The van der Waals surface area contributed by atoms with E-state index in [1.165, 1.54) is 12.8 Å².